The Kier molecular flexibility index (Phi) is 10.5. The van der Waals surface area contributed by atoms with Crippen molar-refractivity contribution in [3.63, 3.8) is 0 Å². The zero-order valence-electron chi connectivity index (χ0n) is 29.1. The summed E-state index contributed by atoms with van der Waals surface area (Å²) in [6.07, 6.45) is 13.5. The molecule has 278 valence electrons. The summed E-state index contributed by atoms with van der Waals surface area (Å²) in [7, 11) is -3.87. The van der Waals surface area contributed by atoms with Gasteiger partial charge in [0.15, 0.2) is 0 Å². The van der Waals surface area contributed by atoms with Gasteiger partial charge < -0.3 is 25.1 Å². The van der Waals surface area contributed by atoms with E-state index >= 15 is 0 Å². The minimum absolute atomic E-state index is 0.00132. The summed E-state index contributed by atoms with van der Waals surface area (Å²) in [5.74, 6) is -2.27. The van der Waals surface area contributed by atoms with E-state index in [1.165, 1.54) is 11.1 Å². The number of rotatable bonds is 8. The maximum Gasteiger partial charge on any atom is 0.408 e. The van der Waals surface area contributed by atoms with Gasteiger partial charge in [0.1, 0.15) is 29.8 Å². The van der Waals surface area contributed by atoms with Crippen LogP contribution in [0.25, 0.3) is 10.9 Å². The molecular weight excluding hydrogens is 689 g/mol. The van der Waals surface area contributed by atoms with E-state index in [0.29, 0.717) is 37.7 Å². The van der Waals surface area contributed by atoms with E-state index in [0.717, 1.165) is 49.4 Å². The standard InChI is InChI=1S/C37H46N6O8S/c44-33-32-19-28(51-39-22-24-18-25-10-6-9-14-30(25)38-21-24)23-43(32)34(45)31(40-36(47)50-27-12-7-8-13-27)15-5-3-1-2-4-11-26-20-37(26,41-33)35(46)42-52(48,49)29-16-17-29/h4,6,9-11,14,18,21-22,26-29,31-32H,1-3,5,7-8,12-13,15-17,19-20,23H2,(H,40,47)(H,41,44)(H,42,46)/b11-4-,39-22+/t26-,28-,31+,32+,37+/m1/s1. The van der Waals surface area contributed by atoms with Crippen LogP contribution >= 0.6 is 0 Å². The summed E-state index contributed by atoms with van der Waals surface area (Å²) in [6.45, 7) is -0.00132. The molecule has 2 aliphatic heterocycles. The molecule has 15 heteroatoms. The van der Waals surface area contributed by atoms with Crippen molar-refractivity contribution >= 4 is 51.0 Å². The van der Waals surface area contributed by atoms with E-state index in [-0.39, 0.29) is 25.5 Å². The lowest BCUT2D eigenvalue weighted by molar-refractivity contribution is -0.141. The van der Waals surface area contributed by atoms with E-state index < -0.39 is 68.7 Å². The van der Waals surface area contributed by atoms with Crippen molar-refractivity contribution in [1.29, 1.82) is 0 Å². The van der Waals surface area contributed by atoms with E-state index in [4.69, 9.17) is 9.57 Å². The van der Waals surface area contributed by atoms with Crippen LogP contribution in [0.3, 0.4) is 0 Å². The van der Waals surface area contributed by atoms with Crippen LogP contribution in [0.1, 0.15) is 89.0 Å². The fraction of sp³-hybridized carbons (Fsp3) is 0.568. The minimum Gasteiger partial charge on any atom is -0.446 e. The molecule has 5 atom stereocenters. The number of sulfonamides is 1. The number of para-hydroxylation sites is 1. The maximum atomic E-state index is 14.3. The molecule has 52 heavy (non-hydrogen) atoms. The molecule has 4 amide bonds. The first kappa shape index (κ1) is 35.9. The molecule has 4 fully saturated rings. The van der Waals surface area contributed by atoms with Crippen molar-refractivity contribution < 1.29 is 37.2 Å². The molecule has 1 aromatic carbocycles. The molecule has 7 rings (SSSR count). The molecule has 14 nitrogen and oxygen atoms in total. The molecular formula is C37H46N6O8S. The fourth-order valence-electron chi connectivity index (χ4n) is 7.51. The summed E-state index contributed by atoms with van der Waals surface area (Å²) in [6, 6.07) is 7.56. The SMILES string of the molecule is O=C(N[C@H]1CCCCC/C=C\[C@@H]2C[C@]2(C(=O)NS(=O)(=O)C2CC2)NC(=O)[C@@H]2C[C@@H](O/N=C/c3cnc4ccccc4c3)CN2C1=O)OC1CCCC1. The Hall–Kier alpha value is -4.53. The second kappa shape index (κ2) is 15.2. The van der Waals surface area contributed by atoms with E-state index in [9.17, 15) is 27.6 Å². The topological polar surface area (TPSA) is 185 Å². The predicted octanol–water partition coefficient (Wildman–Crippen LogP) is 3.60. The van der Waals surface area contributed by atoms with Crippen molar-refractivity contribution in [2.45, 2.75) is 119 Å². The van der Waals surface area contributed by atoms with Gasteiger partial charge in [0, 0.05) is 29.5 Å². The third kappa shape index (κ3) is 8.24. The zero-order valence-corrected chi connectivity index (χ0v) is 29.9. The van der Waals surface area contributed by atoms with Gasteiger partial charge in [0.2, 0.25) is 21.8 Å². The van der Waals surface area contributed by atoms with Gasteiger partial charge in [0.25, 0.3) is 5.91 Å². The molecule has 2 aromatic rings. The number of oxime groups is 1. The van der Waals surface area contributed by atoms with Crippen LogP contribution in [0.4, 0.5) is 4.79 Å². The van der Waals surface area contributed by atoms with Gasteiger partial charge in [-0.1, -0.05) is 48.3 Å². The number of hydrogen-bond donors (Lipinski definition) is 3. The van der Waals surface area contributed by atoms with Crippen molar-refractivity contribution in [1.82, 2.24) is 25.2 Å². The average Bonchev–Trinajstić information content (AvgIpc) is 4.00. The van der Waals surface area contributed by atoms with E-state index in [1.807, 2.05) is 42.5 Å². The van der Waals surface area contributed by atoms with E-state index in [2.05, 4.69) is 25.5 Å². The highest BCUT2D eigenvalue weighted by molar-refractivity contribution is 7.91. The lowest BCUT2D eigenvalue weighted by atomic mass is 10.0. The Morgan fingerprint density at radius 1 is 1.02 bits per heavy atom. The van der Waals surface area contributed by atoms with Gasteiger partial charge >= 0.3 is 6.09 Å². The fourth-order valence-corrected chi connectivity index (χ4v) is 8.87. The first-order chi connectivity index (χ1) is 25.1. The highest BCUT2D eigenvalue weighted by Crippen LogP contribution is 2.46. The monoisotopic (exact) mass is 734 g/mol. The number of fused-ring (bicyclic) bond motifs is 3. The third-order valence-electron chi connectivity index (χ3n) is 10.7. The number of carbonyl (C=O) groups is 4. The van der Waals surface area contributed by atoms with Crippen molar-refractivity contribution in [2.24, 2.45) is 11.1 Å². The number of aromatic nitrogens is 1. The Morgan fingerprint density at radius 2 is 1.81 bits per heavy atom. The Balaban J connectivity index is 1.12. The Labute approximate surface area is 303 Å². The van der Waals surface area contributed by atoms with Crippen LogP contribution in [-0.2, 0) is 34.0 Å². The number of amides is 4. The molecule has 1 saturated heterocycles. The molecule has 3 aliphatic carbocycles. The molecule has 3 heterocycles. The van der Waals surface area contributed by atoms with Gasteiger partial charge in [-0.05, 0) is 76.3 Å². The number of nitrogens with zero attached hydrogens (tertiary/aromatic N) is 3. The largest absolute Gasteiger partial charge is 0.446 e. The number of benzene rings is 1. The van der Waals surface area contributed by atoms with Crippen LogP contribution in [0.2, 0.25) is 0 Å². The smallest absolute Gasteiger partial charge is 0.408 e. The Bertz CT molecular complexity index is 1860. The quantitative estimate of drug-likeness (QED) is 0.207. The number of alkyl carbamates (subject to hydrolysis) is 1. The average molecular weight is 735 g/mol. The van der Waals surface area contributed by atoms with Gasteiger partial charge in [-0.25, -0.2) is 13.2 Å². The molecule has 3 saturated carbocycles. The van der Waals surface area contributed by atoms with Crippen LogP contribution in [0, 0.1) is 5.92 Å². The summed E-state index contributed by atoms with van der Waals surface area (Å²) in [5, 5.41) is 10.1. The number of ether oxygens (including phenoxy) is 1. The second-order valence-corrected chi connectivity index (χ2v) is 16.6. The molecule has 0 spiro atoms. The normalized spacial score (nSPS) is 29.3. The van der Waals surface area contributed by atoms with Crippen LogP contribution in [0.5, 0.6) is 0 Å². The number of carbonyl (C=O) groups excluding carboxylic acids is 4. The minimum atomic E-state index is -3.87. The van der Waals surface area contributed by atoms with Gasteiger partial charge in [-0.15, -0.1) is 0 Å². The summed E-state index contributed by atoms with van der Waals surface area (Å²) >= 11 is 0. The zero-order chi connectivity index (χ0) is 36.3. The highest BCUT2D eigenvalue weighted by atomic mass is 32.2. The summed E-state index contributed by atoms with van der Waals surface area (Å²) in [4.78, 5) is 66.8. The highest BCUT2D eigenvalue weighted by Gasteiger charge is 2.62. The van der Waals surface area contributed by atoms with Crippen LogP contribution in [-0.4, -0.2) is 90.0 Å². The molecule has 0 bridgehead atoms. The van der Waals surface area contributed by atoms with E-state index in [1.54, 1.807) is 6.20 Å². The van der Waals surface area contributed by atoms with Crippen molar-refractivity contribution in [3.05, 3.63) is 54.2 Å². The Morgan fingerprint density at radius 3 is 2.62 bits per heavy atom. The number of pyridine rings is 1. The van der Waals surface area contributed by atoms with Gasteiger partial charge in [0.05, 0.1) is 23.5 Å². The maximum absolute atomic E-state index is 14.3. The molecule has 1 aromatic heterocycles. The van der Waals surface area contributed by atoms with Crippen LogP contribution < -0.4 is 15.4 Å². The summed E-state index contributed by atoms with van der Waals surface area (Å²) in [5.41, 5.74) is 0.0610. The number of hydrogen-bond acceptors (Lipinski definition) is 10. The third-order valence-corrected chi connectivity index (χ3v) is 12.6. The van der Waals surface area contributed by atoms with Crippen molar-refractivity contribution in [3.8, 4) is 0 Å². The lowest BCUT2D eigenvalue weighted by Gasteiger charge is -2.30. The first-order valence-corrected chi connectivity index (χ1v) is 20.0. The van der Waals surface area contributed by atoms with Gasteiger partial charge in [-0.3, -0.25) is 24.1 Å². The molecule has 0 radical (unpaired) electrons. The predicted molar refractivity (Wildman–Crippen MR) is 191 cm³/mol. The molecule has 0 unspecified atom stereocenters. The summed E-state index contributed by atoms with van der Waals surface area (Å²) < 4.78 is 33.4. The van der Waals surface area contributed by atoms with Gasteiger partial charge in [-0.2, -0.15) is 0 Å². The number of allylic oxidation sites excluding steroid dienone is 1. The lowest BCUT2D eigenvalue weighted by Crippen LogP contribution is -2.58. The first-order valence-electron chi connectivity index (χ1n) is 18.5. The molecule has 3 N–H and O–H groups in total. The van der Waals surface area contributed by atoms with Crippen LogP contribution in [0.15, 0.2) is 53.8 Å². The number of nitrogens with one attached hydrogen (secondary N) is 3. The molecule has 5 aliphatic rings. The second-order valence-electron chi connectivity index (χ2n) is 14.7. The van der Waals surface area contributed by atoms with Crippen molar-refractivity contribution in [2.75, 3.05) is 6.54 Å².